The summed E-state index contributed by atoms with van der Waals surface area (Å²) in [5.74, 6) is 1.94. The van der Waals surface area contributed by atoms with Gasteiger partial charge in [-0.3, -0.25) is 4.52 Å². The number of hydrogen-bond donors (Lipinski definition) is 0. The van der Waals surface area contributed by atoms with E-state index in [1.807, 2.05) is 36.4 Å². The normalized spacial score (nSPS) is 11.1. The third-order valence-electron chi connectivity index (χ3n) is 2.09. The van der Waals surface area contributed by atoms with Crippen LogP contribution in [0.3, 0.4) is 0 Å². The highest BCUT2D eigenvalue weighted by Crippen LogP contribution is 2.33. The maximum Gasteiger partial charge on any atom is 0.588 e. The molecule has 2 aromatic carbocycles. The van der Waals surface area contributed by atoms with Gasteiger partial charge in [-0.05, 0) is 22.6 Å². The molecule has 0 aromatic heterocycles. The Bertz CT molecular complexity index is 515. The molecular formula is C12H10O2P+. The molecule has 0 aliphatic heterocycles. The number of benzene rings is 2. The lowest BCUT2D eigenvalue weighted by atomic mass is 10.1. The molecule has 0 spiro atoms. The maximum absolute atomic E-state index is 11.2. The van der Waals surface area contributed by atoms with E-state index >= 15 is 0 Å². The molecule has 1 unspecified atom stereocenters. The van der Waals surface area contributed by atoms with Crippen LogP contribution >= 0.6 is 8.03 Å². The molecule has 0 radical (unpaired) electrons. The summed E-state index contributed by atoms with van der Waals surface area (Å²) in [4.78, 5) is 0. The highest BCUT2D eigenvalue weighted by atomic mass is 31.1. The molecule has 0 amide bonds. The van der Waals surface area contributed by atoms with Crippen LogP contribution in [0.5, 0.6) is 5.75 Å². The molecule has 2 aromatic rings. The van der Waals surface area contributed by atoms with E-state index in [9.17, 15) is 4.57 Å². The van der Waals surface area contributed by atoms with Gasteiger partial charge in [-0.25, -0.2) is 0 Å². The van der Waals surface area contributed by atoms with Gasteiger partial charge in [0.1, 0.15) is 0 Å². The van der Waals surface area contributed by atoms with Gasteiger partial charge >= 0.3 is 8.03 Å². The van der Waals surface area contributed by atoms with Crippen LogP contribution in [-0.4, -0.2) is 0 Å². The average molecular weight is 217 g/mol. The Morgan fingerprint density at radius 3 is 2.67 bits per heavy atom. The summed E-state index contributed by atoms with van der Waals surface area (Å²) in [6, 6.07) is 13.5. The monoisotopic (exact) mass is 217 g/mol. The fraction of sp³-hybridized carbons (Fsp3) is 0. The van der Waals surface area contributed by atoms with Crippen molar-refractivity contribution < 1.29 is 9.09 Å². The van der Waals surface area contributed by atoms with E-state index in [1.165, 1.54) is 5.82 Å². The van der Waals surface area contributed by atoms with Crippen molar-refractivity contribution in [3.05, 3.63) is 54.9 Å². The van der Waals surface area contributed by atoms with Crippen LogP contribution in [0, 0.1) is 0 Å². The van der Waals surface area contributed by atoms with Gasteiger partial charge in [0.15, 0.2) is 11.6 Å². The SMILES string of the molecule is C=C[P+](=O)Oc1cccc2ccccc12. The van der Waals surface area contributed by atoms with Gasteiger partial charge in [-0.1, -0.05) is 36.4 Å². The van der Waals surface area contributed by atoms with Gasteiger partial charge in [0.25, 0.3) is 0 Å². The Kier molecular flexibility index (Phi) is 2.79. The maximum atomic E-state index is 11.2. The van der Waals surface area contributed by atoms with Crippen LogP contribution in [0.1, 0.15) is 0 Å². The second-order valence-corrected chi connectivity index (χ2v) is 4.15. The van der Waals surface area contributed by atoms with Crippen molar-refractivity contribution in [2.75, 3.05) is 0 Å². The van der Waals surface area contributed by atoms with Crippen molar-refractivity contribution in [3.8, 4) is 5.75 Å². The van der Waals surface area contributed by atoms with Crippen molar-refractivity contribution in [3.63, 3.8) is 0 Å². The van der Waals surface area contributed by atoms with Gasteiger partial charge in [0, 0.05) is 5.39 Å². The van der Waals surface area contributed by atoms with E-state index in [2.05, 4.69) is 6.58 Å². The Labute approximate surface area is 89.1 Å². The number of fused-ring (bicyclic) bond motifs is 1. The van der Waals surface area contributed by atoms with Crippen LogP contribution in [0.15, 0.2) is 54.9 Å². The summed E-state index contributed by atoms with van der Waals surface area (Å²) in [6.45, 7) is 3.43. The smallest absolute Gasteiger partial charge is 0.250 e. The van der Waals surface area contributed by atoms with Crippen LogP contribution in [0.2, 0.25) is 0 Å². The average Bonchev–Trinajstić information content (AvgIpc) is 2.29. The molecule has 0 N–H and O–H groups in total. The molecule has 0 saturated carbocycles. The Morgan fingerprint density at radius 2 is 1.87 bits per heavy atom. The van der Waals surface area contributed by atoms with Crippen LogP contribution < -0.4 is 4.52 Å². The Morgan fingerprint density at radius 1 is 1.13 bits per heavy atom. The third-order valence-corrected chi connectivity index (χ3v) is 2.76. The molecule has 74 valence electrons. The lowest BCUT2D eigenvalue weighted by Crippen LogP contribution is -1.81. The molecule has 15 heavy (non-hydrogen) atoms. The summed E-state index contributed by atoms with van der Waals surface area (Å²) < 4.78 is 16.5. The van der Waals surface area contributed by atoms with Crippen molar-refractivity contribution in [1.29, 1.82) is 0 Å². The van der Waals surface area contributed by atoms with Gasteiger partial charge in [0.05, 0.1) is 0 Å². The van der Waals surface area contributed by atoms with E-state index < -0.39 is 8.03 Å². The van der Waals surface area contributed by atoms with Crippen molar-refractivity contribution in [2.24, 2.45) is 0 Å². The molecule has 0 fully saturated rings. The van der Waals surface area contributed by atoms with Crippen LogP contribution in [0.25, 0.3) is 10.8 Å². The van der Waals surface area contributed by atoms with Gasteiger partial charge in [-0.15, -0.1) is 0 Å². The largest absolute Gasteiger partial charge is 0.588 e. The fourth-order valence-corrected chi connectivity index (χ4v) is 1.84. The number of rotatable bonds is 3. The zero-order valence-corrected chi connectivity index (χ0v) is 8.98. The number of hydrogen-bond acceptors (Lipinski definition) is 2. The van der Waals surface area contributed by atoms with Gasteiger partial charge < -0.3 is 0 Å². The summed E-state index contributed by atoms with van der Waals surface area (Å²) in [7, 11) is -1.81. The van der Waals surface area contributed by atoms with Crippen molar-refractivity contribution in [1.82, 2.24) is 0 Å². The van der Waals surface area contributed by atoms with Crippen LogP contribution in [0.4, 0.5) is 0 Å². The molecule has 0 aliphatic rings. The highest BCUT2D eigenvalue weighted by molar-refractivity contribution is 7.43. The molecular weight excluding hydrogens is 207 g/mol. The van der Waals surface area contributed by atoms with Crippen LogP contribution in [-0.2, 0) is 4.57 Å². The zero-order chi connectivity index (χ0) is 10.7. The molecule has 3 heteroatoms. The molecule has 0 saturated heterocycles. The van der Waals surface area contributed by atoms with E-state index in [0.29, 0.717) is 5.75 Å². The van der Waals surface area contributed by atoms with Crippen molar-refractivity contribution in [2.45, 2.75) is 0 Å². The minimum atomic E-state index is -1.81. The Balaban J connectivity index is 2.51. The van der Waals surface area contributed by atoms with E-state index in [4.69, 9.17) is 4.52 Å². The van der Waals surface area contributed by atoms with Gasteiger partial charge in [0.2, 0.25) is 0 Å². The molecule has 0 aliphatic carbocycles. The lowest BCUT2D eigenvalue weighted by molar-refractivity contribution is 0.516. The first-order valence-corrected chi connectivity index (χ1v) is 5.80. The topological polar surface area (TPSA) is 26.3 Å². The zero-order valence-electron chi connectivity index (χ0n) is 8.09. The third kappa shape index (κ3) is 2.05. The first-order valence-electron chi connectivity index (χ1n) is 4.56. The predicted molar refractivity (Wildman–Crippen MR) is 62.4 cm³/mol. The fourth-order valence-electron chi connectivity index (χ4n) is 1.41. The molecule has 2 rings (SSSR count). The first-order chi connectivity index (χ1) is 7.31. The predicted octanol–water partition coefficient (Wildman–Crippen LogP) is 4.10. The molecule has 0 bridgehead atoms. The standard InChI is InChI=1S/C12H10O2P/c1-2-15(13)14-12-9-5-7-10-6-3-4-8-11(10)12/h2-9H,1H2/q+1. The summed E-state index contributed by atoms with van der Waals surface area (Å²) in [5.41, 5.74) is 0. The summed E-state index contributed by atoms with van der Waals surface area (Å²) in [6.07, 6.45) is 0. The molecule has 1 atom stereocenters. The highest BCUT2D eigenvalue weighted by Gasteiger charge is 2.14. The summed E-state index contributed by atoms with van der Waals surface area (Å²) in [5, 5.41) is 2.03. The minimum Gasteiger partial charge on any atom is -0.250 e. The van der Waals surface area contributed by atoms with E-state index in [1.54, 1.807) is 6.07 Å². The second kappa shape index (κ2) is 4.24. The molecule has 0 heterocycles. The first kappa shape index (κ1) is 9.88. The van der Waals surface area contributed by atoms with E-state index in [0.717, 1.165) is 10.8 Å². The quantitative estimate of drug-likeness (QED) is 0.723. The Hall–Kier alpha value is -1.66. The molecule has 2 nitrogen and oxygen atoms in total. The van der Waals surface area contributed by atoms with Gasteiger partial charge in [-0.2, -0.15) is 0 Å². The van der Waals surface area contributed by atoms with Crippen molar-refractivity contribution >= 4 is 18.8 Å². The second-order valence-electron chi connectivity index (χ2n) is 3.04. The summed E-state index contributed by atoms with van der Waals surface area (Å²) >= 11 is 0. The van der Waals surface area contributed by atoms with E-state index in [-0.39, 0.29) is 0 Å². The minimum absolute atomic E-state index is 0.633. The lowest BCUT2D eigenvalue weighted by Gasteiger charge is -1.99.